The molecule has 1 unspecified atom stereocenters. The maximum Gasteiger partial charge on any atom is 0.407 e. The summed E-state index contributed by atoms with van der Waals surface area (Å²) < 4.78 is 10.8. The van der Waals surface area contributed by atoms with E-state index >= 15 is 0 Å². The average Bonchev–Trinajstić information content (AvgIpc) is 3.17. The van der Waals surface area contributed by atoms with Gasteiger partial charge in [-0.25, -0.2) is 4.79 Å². The third-order valence-corrected chi connectivity index (χ3v) is 3.30. The van der Waals surface area contributed by atoms with E-state index in [0.29, 0.717) is 19.2 Å². The van der Waals surface area contributed by atoms with Crippen LogP contribution in [0.3, 0.4) is 0 Å². The molecule has 102 valence electrons. The second kappa shape index (κ2) is 5.48. The van der Waals surface area contributed by atoms with Crippen molar-refractivity contribution in [3.05, 3.63) is 29.8 Å². The number of benzene rings is 1. The van der Waals surface area contributed by atoms with Gasteiger partial charge in [-0.2, -0.15) is 0 Å². The summed E-state index contributed by atoms with van der Waals surface area (Å²) in [6.07, 6.45) is 1.98. The molecule has 0 radical (unpaired) electrons. The minimum absolute atomic E-state index is 0.197. The summed E-state index contributed by atoms with van der Waals surface area (Å²) in [6, 6.07) is 8.65. The molecular formula is C14H18N2O3. The van der Waals surface area contributed by atoms with Gasteiger partial charge in [0.25, 0.3) is 0 Å². The summed E-state index contributed by atoms with van der Waals surface area (Å²) in [6.45, 7) is 1.73. The van der Waals surface area contributed by atoms with Gasteiger partial charge in [-0.05, 0) is 18.9 Å². The Morgan fingerprint density at radius 3 is 2.95 bits per heavy atom. The standard InChI is InChI=1S/C14H18N2O3/c17-14-16-8-12(19-14)9-18-13-4-2-1-3-10(13)7-15-11-5-6-11/h1-4,11-12,15H,5-9H2,(H,16,17). The van der Waals surface area contributed by atoms with Crippen molar-refractivity contribution in [2.24, 2.45) is 0 Å². The topological polar surface area (TPSA) is 59.6 Å². The molecule has 0 aromatic heterocycles. The molecule has 0 spiro atoms. The second-order valence-electron chi connectivity index (χ2n) is 4.98. The Kier molecular flexibility index (Phi) is 3.55. The highest BCUT2D eigenvalue weighted by atomic mass is 16.6. The number of cyclic esters (lactones) is 1. The van der Waals surface area contributed by atoms with Crippen molar-refractivity contribution >= 4 is 6.09 Å². The zero-order valence-electron chi connectivity index (χ0n) is 10.7. The maximum atomic E-state index is 10.9. The van der Waals surface area contributed by atoms with Crippen LogP contribution in [-0.2, 0) is 11.3 Å². The van der Waals surface area contributed by atoms with Crippen LogP contribution >= 0.6 is 0 Å². The summed E-state index contributed by atoms with van der Waals surface area (Å²) in [5.74, 6) is 0.860. The van der Waals surface area contributed by atoms with Crippen molar-refractivity contribution in [2.75, 3.05) is 13.2 Å². The number of alkyl carbamates (subject to hydrolysis) is 1. The maximum absolute atomic E-state index is 10.9. The number of para-hydroxylation sites is 1. The molecule has 1 aliphatic carbocycles. The van der Waals surface area contributed by atoms with Gasteiger partial charge in [0, 0.05) is 18.2 Å². The molecule has 1 amide bonds. The van der Waals surface area contributed by atoms with Crippen LogP contribution in [0, 0.1) is 0 Å². The Bertz CT molecular complexity index is 460. The molecule has 1 saturated heterocycles. The van der Waals surface area contributed by atoms with Crippen molar-refractivity contribution < 1.29 is 14.3 Å². The SMILES string of the molecule is O=C1NCC(COc2ccccc2CNC2CC2)O1. The van der Waals surface area contributed by atoms with Gasteiger partial charge in [0.05, 0.1) is 6.54 Å². The van der Waals surface area contributed by atoms with Gasteiger partial charge in [0.1, 0.15) is 12.4 Å². The first-order chi connectivity index (χ1) is 9.31. The highest BCUT2D eigenvalue weighted by Crippen LogP contribution is 2.22. The van der Waals surface area contributed by atoms with Crippen molar-refractivity contribution in [1.82, 2.24) is 10.6 Å². The van der Waals surface area contributed by atoms with Crippen LogP contribution in [0.2, 0.25) is 0 Å². The molecule has 1 aromatic carbocycles. The lowest BCUT2D eigenvalue weighted by molar-refractivity contribution is 0.104. The number of carbonyl (C=O) groups excluding carboxylic acids is 1. The highest BCUT2D eigenvalue weighted by molar-refractivity contribution is 5.69. The van der Waals surface area contributed by atoms with Crippen molar-refractivity contribution in [3.63, 3.8) is 0 Å². The fourth-order valence-corrected chi connectivity index (χ4v) is 2.04. The predicted molar refractivity (Wildman–Crippen MR) is 70.1 cm³/mol. The number of hydrogen-bond donors (Lipinski definition) is 2. The molecule has 2 fully saturated rings. The van der Waals surface area contributed by atoms with Crippen molar-refractivity contribution in [3.8, 4) is 5.75 Å². The summed E-state index contributed by atoms with van der Waals surface area (Å²) >= 11 is 0. The summed E-state index contributed by atoms with van der Waals surface area (Å²) in [5, 5.41) is 6.09. The quantitative estimate of drug-likeness (QED) is 0.814. The van der Waals surface area contributed by atoms with Crippen LogP contribution in [-0.4, -0.2) is 31.4 Å². The van der Waals surface area contributed by atoms with Crippen LogP contribution in [0.25, 0.3) is 0 Å². The zero-order valence-corrected chi connectivity index (χ0v) is 10.7. The second-order valence-corrected chi connectivity index (χ2v) is 4.98. The van der Waals surface area contributed by atoms with Gasteiger partial charge in [0.15, 0.2) is 6.10 Å². The molecule has 1 aromatic rings. The minimum Gasteiger partial charge on any atom is -0.489 e. The van der Waals surface area contributed by atoms with E-state index in [4.69, 9.17) is 9.47 Å². The van der Waals surface area contributed by atoms with E-state index in [1.807, 2.05) is 18.2 Å². The Labute approximate surface area is 112 Å². The van der Waals surface area contributed by atoms with Crippen LogP contribution in [0.5, 0.6) is 5.75 Å². The summed E-state index contributed by atoms with van der Waals surface area (Å²) in [4.78, 5) is 10.9. The molecular weight excluding hydrogens is 244 g/mol. The largest absolute Gasteiger partial charge is 0.489 e. The van der Waals surface area contributed by atoms with Gasteiger partial charge in [-0.15, -0.1) is 0 Å². The molecule has 0 bridgehead atoms. The van der Waals surface area contributed by atoms with E-state index in [9.17, 15) is 4.79 Å². The number of hydrogen-bond acceptors (Lipinski definition) is 4. The molecule has 1 atom stereocenters. The molecule has 1 heterocycles. The van der Waals surface area contributed by atoms with Gasteiger partial charge < -0.3 is 20.1 Å². The van der Waals surface area contributed by atoms with Crippen molar-refractivity contribution in [2.45, 2.75) is 31.5 Å². The first-order valence-electron chi connectivity index (χ1n) is 6.70. The van der Waals surface area contributed by atoms with Crippen LogP contribution in [0.1, 0.15) is 18.4 Å². The summed E-state index contributed by atoms with van der Waals surface area (Å²) in [5.41, 5.74) is 1.15. The van der Waals surface area contributed by atoms with E-state index < -0.39 is 0 Å². The lowest BCUT2D eigenvalue weighted by Gasteiger charge is -2.14. The lowest BCUT2D eigenvalue weighted by atomic mass is 10.2. The Balaban J connectivity index is 1.54. The molecule has 3 rings (SSSR count). The van der Waals surface area contributed by atoms with Gasteiger partial charge in [-0.1, -0.05) is 18.2 Å². The fourth-order valence-electron chi connectivity index (χ4n) is 2.04. The molecule has 5 nitrogen and oxygen atoms in total. The average molecular weight is 262 g/mol. The number of nitrogens with one attached hydrogen (secondary N) is 2. The van der Waals surface area contributed by atoms with Crippen LogP contribution in [0.15, 0.2) is 24.3 Å². The molecule has 1 saturated carbocycles. The van der Waals surface area contributed by atoms with E-state index in [1.165, 1.54) is 12.8 Å². The van der Waals surface area contributed by atoms with Crippen LogP contribution in [0.4, 0.5) is 4.79 Å². The Morgan fingerprint density at radius 2 is 2.21 bits per heavy atom. The third-order valence-electron chi connectivity index (χ3n) is 3.30. The number of carbonyl (C=O) groups is 1. The normalized spacial score (nSPS) is 21.9. The lowest BCUT2D eigenvalue weighted by Crippen LogP contribution is -2.23. The molecule has 1 aliphatic heterocycles. The smallest absolute Gasteiger partial charge is 0.407 e. The Hall–Kier alpha value is -1.75. The number of ether oxygens (including phenoxy) is 2. The molecule has 2 aliphatic rings. The molecule has 5 heteroatoms. The van der Waals surface area contributed by atoms with Crippen LogP contribution < -0.4 is 15.4 Å². The monoisotopic (exact) mass is 262 g/mol. The molecule has 19 heavy (non-hydrogen) atoms. The first kappa shape index (κ1) is 12.3. The van der Waals surface area contributed by atoms with Gasteiger partial charge in [0.2, 0.25) is 0 Å². The minimum atomic E-state index is -0.364. The third kappa shape index (κ3) is 3.38. The number of rotatable bonds is 6. The van der Waals surface area contributed by atoms with E-state index in [0.717, 1.165) is 17.9 Å². The fraction of sp³-hybridized carbons (Fsp3) is 0.500. The molecule has 2 N–H and O–H groups in total. The zero-order chi connectivity index (χ0) is 13.1. The van der Waals surface area contributed by atoms with E-state index in [1.54, 1.807) is 0 Å². The van der Waals surface area contributed by atoms with Crippen molar-refractivity contribution in [1.29, 1.82) is 0 Å². The summed E-state index contributed by atoms with van der Waals surface area (Å²) in [7, 11) is 0. The number of amides is 1. The van der Waals surface area contributed by atoms with E-state index in [2.05, 4.69) is 16.7 Å². The van der Waals surface area contributed by atoms with Gasteiger partial charge >= 0.3 is 6.09 Å². The highest BCUT2D eigenvalue weighted by Gasteiger charge is 2.23. The Morgan fingerprint density at radius 1 is 1.37 bits per heavy atom. The predicted octanol–water partition coefficient (Wildman–Crippen LogP) is 1.43. The first-order valence-corrected chi connectivity index (χ1v) is 6.70. The van der Waals surface area contributed by atoms with E-state index in [-0.39, 0.29) is 12.2 Å². The van der Waals surface area contributed by atoms with Gasteiger partial charge in [-0.3, -0.25) is 0 Å².